The molecule has 2 fully saturated rings. The Hall–Kier alpha value is -4.02. The Bertz CT molecular complexity index is 1490. The molecule has 0 aromatic heterocycles. The standard InChI is InChI=1S/C34H36ClN3O6S/c1-33(2,3)44-32(42)37-24(21-14-8-5-9-15-21)28(39)36-25-29(40)38-27(34(4,35)20-45-30(25)38)31(41)43-26(22-16-10-6-11-17-22)23-18-12-7-13-19-23/h5-19,24-27,30H,20H2,1-4H3,(H,36,39)(H,37,42)/t24?,25-,27+,30-,34-/m1/s1. The zero-order valence-electron chi connectivity index (χ0n) is 25.4. The summed E-state index contributed by atoms with van der Waals surface area (Å²) in [5, 5.41) is 4.86. The van der Waals surface area contributed by atoms with E-state index in [-0.39, 0.29) is 0 Å². The molecule has 2 aliphatic rings. The number of carbonyl (C=O) groups is 4. The fraction of sp³-hybridized carbons (Fsp3) is 0.353. The van der Waals surface area contributed by atoms with Crippen LogP contribution in [0.1, 0.15) is 56.5 Å². The van der Waals surface area contributed by atoms with E-state index in [1.54, 1.807) is 58.0 Å². The predicted octanol–water partition coefficient (Wildman–Crippen LogP) is 5.35. The normalized spacial score (nSPS) is 23.3. The topological polar surface area (TPSA) is 114 Å². The van der Waals surface area contributed by atoms with Gasteiger partial charge < -0.3 is 25.0 Å². The number of benzene rings is 3. The molecule has 0 aliphatic carbocycles. The van der Waals surface area contributed by atoms with Crippen LogP contribution in [0.4, 0.5) is 4.79 Å². The number of ether oxygens (including phenoxy) is 2. The van der Waals surface area contributed by atoms with Gasteiger partial charge in [0.15, 0.2) is 12.1 Å². The van der Waals surface area contributed by atoms with E-state index in [0.717, 1.165) is 11.1 Å². The zero-order valence-corrected chi connectivity index (χ0v) is 27.0. The first-order chi connectivity index (χ1) is 21.4. The summed E-state index contributed by atoms with van der Waals surface area (Å²) in [6, 6.07) is 24.3. The van der Waals surface area contributed by atoms with E-state index in [1.165, 1.54) is 16.7 Å². The number of hydrogen-bond donors (Lipinski definition) is 2. The summed E-state index contributed by atoms with van der Waals surface area (Å²) >= 11 is 8.27. The molecule has 1 unspecified atom stereocenters. The Balaban J connectivity index is 1.34. The number of fused-ring (bicyclic) bond motifs is 1. The molecular formula is C34H36ClN3O6S. The number of thioether (sulfide) groups is 1. The van der Waals surface area contributed by atoms with Gasteiger partial charge in [0.25, 0.3) is 0 Å². The van der Waals surface area contributed by atoms with Crippen molar-refractivity contribution in [2.24, 2.45) is 0 Å². The van der Waals surface area contributed by atoms with Crippen LogP contribution < -0.4 is 10.6 Å². The van der Waals surface area contributed by atoms with Crippen molar-refractivity contribution in [1.29, 1.82) is 0 Å². The average molecular weight is 650 g/mol. The molecule has 2 N–H and O–H groups in total. The summed E-state index contributed by atoms with van der Waals surface area (Å²) in [4.78, 5) is 54.1. The van der Waals surface area contributed by atoms with Crippen molar-refractivity contribution in [2.75, 3.05) is 5.75 Å². The van der Waals surface area contributed by atoms with Gasteiger partial charge in [-0.05, 0) is 44.4 Å². The van der Waals surface area contributed by atoms with Gasteiger partial charge in [-0.1, -0.05) is 91.0 Å². The number of hydrogen-bond acceptors (Lipinski definition) is 7. The van der Waals surface area contributed by atoms with Crippen molar-refractivity contribution in [2.45, 2.75) is 67.8 Å². The summed E-state index contributed by atoms with van der Waals surface area (Å²) in [5.74, 6) is -1.36. The molecule has 2 aliphatic heterocycles. The predicted molar refractivity (Wildman–Crippen MR) is 172 cm³/mol. The lowest BCUT2D eigenvalue weighted by atomic mass is 9.93. The van der Waals surface area contributed by atoms with Crippen LogP contribution in [0, 0.1) is 0 Å². The molecule has 3 amide bonds. The number of halogens is 1. The first kappa shape index (κ1) is 32.4. The highest BCUT2D eigenvalue weighted by Gasteiger charge is 2.62. The second-order valence-electron chi connectivity index (χ2n) is 12.2. The lowest BCUT2D eigenvalue weighted by Crippen LogP contribution is -2.78. The Morgan fingerprint density at radius 1 is 0.911 bits per heavy atom. The monoisotopic (exact) mass is 649 g/mol. The molecule has 2 heterocycles. The number of rotatable bonds is 8. The van der Waals surface area contributed by atoms with Gasteiger partial charge >= 0.3 is 12.1 Å². The van der Waals surface area contributed by atoms with E-state index in [9.17, 15) is 19.2 Å². The van der Waals surface area contributed by atoms with Gasteiger partial charge in [-0.15, -0.1) is 23.4 Å². The van der Waals surface area contributed by atoms with Gasteiger partial charge in [0, 0.05) is 5.75 Å². The van der Waals surface area contributed by atoms with Crippen LogP contribution in [0.3, 0.4) is 0 Å². The van der Waals surface area contributed by atoms with E-state index in [4.69, 9.17) is 21.1 Å². The quantitative estimate of drug-likeness (QED) is 0.192. The van der Waals surface area contributed by atoms with Crippen LogP contribution in [0.2, 0.25) is 0 Å². The van der Waals surface area contributed by atoms with Gasteiger partial charge in [0.2, 0.25) is 11.8 Å². The molecule has 45 heavy (non-hydrogen) atoms. The average Bonchev–Trinajstić information content (AvgIpc) is 3.01. The van der Waals surface area contributed by atoms with Gasteiger partial charge in [-0.2, -0.15) is 0 Å². The third-order valence-electron chi connectivity index (χ3n) is 7.48. The summed E-state index contributed by atoms with van der Waals surface area (Å²) in [6.07, 6.45) is -1.48. The molecule has 0 spiro atoms. The van der Waals surface area contributed by atoms with Gasteiger partial charge in [0.1, 0.15) is 23.1 Å². The van der Waals surface area contributed by atoms with E-state index >= 15 is 0 Å². The maximum absolute atomic E-state index is 13.9. The van der Waals surface area contributed by atoms with Crippen LogP contribution in [0.15, 0.2) is 91.0 Å². The number of esters is 1. The largest absolute Gasteiger partial charge is 0.451 e. The Morgan fingerprint density at radius 2 is 1.42 bits per heavy atom. The van der Waals surface area contributed by atoms with Crippen molar-refractivity contribution in [3.63, 3.8) is 0 Å². The van der Waals surface area contributed by atoms with Crippen molar-refractivity contribution in [1.82, 2.24) is 15.5 Å². The fourth-order valence-electron chi connectivity index (χ4n) is 5.42. The second-order valence-corrected chi connectivity index (χ2v) is 14.2. The number of alkyl carbamates (subject to hydrolysis) is 1. The van der Waals surface area contributed by atoms with Crippen LogP contribution >= 0.6 is 23.4 Å². The highest BCUT2D eigenvalue weighted by Crippen LogP contribution is 2.46. The summed E-state index contributed by atoms with van der Waals surface area (Å²) in [6.45, 7) is 6.87. The molecular weight excluding hydrogens is 614 g/mol. The highest BCUT2D eigenvalue weighted by atomic mass is 35.5. The highest BCUT2D eigenvalue weighted by molar-refractivity contribution is 8.00. The van der Waals surface area contributed by atoms with Crippen LogP contribution in [-0.2, 0) is 23.9 Å². The number of β-lactam (4-membered cyclic amide) rings is 1. The van der Waals surface area contributed by atoms with E-state index in [1.807, 2.05) is 60.7 Å². The summed E-state index contributed by atoms with van der Waals surface area (Å²) < 4.78 is 11.5. The maximum atomic E-state index is 13.9. The Labute approximate surface area is 272 Å². The number of amides is 3. The molecule has 2 saturated heterocycles. The molecule has 9 nitrogen and oxygen atoms in total. The summed E-state index contributed by atoms with van der Waals surface area (Å²) in [7, 11) is 0. The first-order valence-electron chi connectivity index (χ1n) is 14.6. The van der Waals surface area contributed by atoms with Crippen molar-refractivity contribution in [3.05, 3.63) is 108 Å². The van der Waals surface area contributed by atoms with E-state index in [2.05, 4.69) is 10.6 Å². The minimum atomic E-state index is -1.12. The SMILES string of the molecule is CC(C)(C)OC(=O)NC(C(=O)N[C@@H]1C(=O)N2[C@@H]1SC[C@@](C)(Cl)[C@@H]2C(=O)OC(c1ccccc1)c1ccccc1)c1ccccc1. The number of carbonyl (C=O) groups excluding carboxylic acids is 4. The number of nitrogens with zero attached hydrogens (tertiary/aromatic N) is 1. The van der Waals surface area contributed by atoms with Crippen LogP contribution in [0.5, 0.6) is 0 Å². The molecule has 3 aromatic carbocycles. The lowest BCUT2D eigenvalue weighted by molar-refractivity contribution is -0.169. The molecule has 11 heteroatoms. The van der Waals surface area contributed by atoms with Crippen molar-refractivity contribution < 1.29 is 28.7 Å². The van der Waals surface area contributed by atoms with Gasteiger partial charge in [0.05, 0.1) is 4.87 Å². The third-order valence-corrected chi connectivity index (χ3v) is 9.59. The first-order valence-corrected chi connectivity index (χ1v) is 16.1. The lowest BCUT2D eigenvalue weighted by Gasteiger charge is -2.56. The summed E-state index contributed by atoms with van der Waals surface area (Å²) in [5.41, 5.74) is 1.30. The smallest absolute Gasteiger partial charge is 0.408 e. The van der Waals surface area contributed by atoms with Gasteiger partial charge in [-0.25, -0.2) is 9.59 Å². The minimum Gasteiger partial charge on any atom is -0.451 e. The number of alkyl halides is 1. The van der Waals surface area contributed by atoms with Crippen LogP contribution in [0.25, 0.3) is 0 Å². The molecule has 0 radical (unpaired) electrons. The molecule has 236 valence electrons. The molecule has 0 bridgehead atoms. The Kier molecular flexibility index (Phi) is 9.46. The second kappa shape index (κ2) is 13.1. The molecule has 5 atom stereocenters. The fourth-order valence-corrected chi connectivity index (χ4v) is 7.22. The van der Waals surface area contributed by atoms with Crippen molar-refractivity contribution in [3.8, 4) is 0 Å². The van der Waals surface area contributed by atoms with Gasteiger partial charge in [-0.3, -0.25) is 9.59 Å². The maximum Gasteiger partial charge on any atom is 0.408 e. The van der Waals surface area contributed by atoms with Crippen molar-refractivity contribution >= 4 is 47.2 Å². The Morgan fingerprint density at radius 3 is 1.93 bits per heavy atom. The molecule has 3 aromatic rings. The van der Waals surface area contributed by atoms with E-state index in [0.29, 0.717) is 11.3 Å². The molecule has 5 rings (SSSR count). The number of nitrogens with one attached hydrogen (secondary N) is 2. The van der Waals surface area contributed by atoms with Crippen LogP contribution in [-0.4, -0.2) is 62.5 Å². The molecule has 0 saturated carbocycles. The third kappa shape index (κ3) is 7.28. The van der Waals surface area contributed by atoms with E-state index < -0.39 is 64.0 Å². The zero-order chi connectivity index (χ0) is 32.4. The minimum absolute atomic E-state index is 0.328.